The number of benzene rings is 1. The second kappa shape index (κ2) is 5.29. The van der Waals surface area contributed by atoms with Gasteiger partial charge in [0, 0.05) is 19.8 Å². The van der Waals surface area contributed by atoms with Gasteiger partial charge in [-0.15, -0.1) is 0 Å². The van der Waals surface area contributed by atoms with Gasteiger partial charge >= 0.3 is 0 Å². The number of nitrogens with two attached hydrogens (primary N) is 1. The lowest BCUT2D eigenvalue weighted by molar-refractivity contribution is -0.207. The van der Waals surface area contributed by atoms with E-state index in [0.717, 1.165) is 6.07 Å². The normalized spacial score (nSPS) is 11.9. The van der Waals surface area contributed by atoms with Crippen LogP contribution in [-0.4, -0.2) is 20.8 Å². The second-order valence-electron chi connectivity index (χ2n) is 3.11. The fourth-order valence-corrected chi connectivity index (χ4v) is 1.92. The van der Waals surface area contributed by atoms with Crippen LogP contribution in [-0.2, 0) is 15.3 Å². The van der Waals surface area contributed by atoms with Crippen LogP contribution in [0.4, 0.5) is 4.39 Å². The van der Waals surface area contributed by atoms with Crippen molar-refractivity contribution in [3.05, 3.63) is 33.6 Å². The van der Waals surface area contributed by atoms with Gasteiger partial charge in [0.05, 0.1) is 16.6 Å². The van der Waals surface area contributed by atoms with E-state index in [9.17, 15) is 4.39 Å². The van der Waals surface area contributed by atoms with Gasteiger partial charge in [-0.2, -0.15) is 0 Å². The maximum Gasteiger partial charge on any atom is 0.208 e. The number of halogens is 3. The third-order valence-corrected chi connectivity index (χ3v) is 2.95. The molecule has 0 aliphatic rings. The molecule has 16 heavy (non-hydrogen) atoms. The molecule has 0 saturated heterocycles. The van der Waals surface area contributed by atoms with E-state index in [1.54, 1.807) is 0 Å². The van der Waals surface area contributed by atoms with E-state index >= 15 is 0 Å². The summed E-state index contributed by atoms with van der Waals surface area (Å²) < 4.78 is 23.7. The molecular weight excluding hydrogens is 256 g/mol. The first kappa shape index (κ1) is 13.7. The van der Waals surface area contributed by atoms with Crippen molar-refractivity contribution in [1.82, 2.24) is 0 Å². The molecule has 0 aliphatic carbocycles. The van der Waals surface area contributed by atoms with Gasteiger partial charge in [-0.05, 0) is 12.1 Å². The lowest BCUT2D eigenvalue weighted by Crippen LogP contribution is -2.39. The van der Waals surface area contributed by atoms with Crippen molar-refractivity contribution in [3.63, 3.8) is 0 Å². The quantitative estimate of drug-likeness (QED) is 0.674. The molecule has 0 radical (unpaired) electrons. The maximum absolute atomic E-state index is 13.4. The van der Waals surface area contributed by atoms with Gasteiger partial charge in [0.1, 0.15) is 5.82 Å². The molecule has 0 saturated carbocycles. The third kappa shape index (κ3) is 2.31. The lowest BCUT2D eigenvalue weighted by Gasteiger charge is -2.30. The summed E-state index contributed by atoms with van der Waals surface area (Å²) in [6, 6.07) is 2.45. The van der Waals surface area contributed by atoms with Crippen LogP contribution in [0.15, 0.2) is 12.1 Å². The molecule has 2 N–H and O–H groups in total. The molecule has 0 aromatic heterocycles. The number of rotatable bonds is 4. The average molecular weight is 268 g/mol. The summed E-state index contributed by atoms with van der Waals surface area (Å²) in [6.45, 7) is 0.000786. The highest BCUT2D eigenvalue weighted by Gasteiger charge is 2.33. The van der Waals surface area contributed by atoms with E-state index in [2.05, 4.69) is 0 Å². The van der Waals surface area contributed by atoms with Crippen LogP contribution in [0, 0.1) is 5.82 Å². The van der Waals surface area contributed by atoms with Crippen LogP contribution in [0.25, 0.3) is 0 Å². The first-order valence-corrected chi connectivity index (χ1v) is 5.21. The van der Waals surface area contributed by atoms with E-state index in [0.29, 0.717) is 5.56 Å². The first-order chi connectivity index (χ1) is 7.50. The van der Waals surface area contributed by atoms with Crippen molar-refractivity contribution in [2.24, 2.45) is 5.73 Å². The van der Waals surface area contributed by atoms with E-state index in [-0.39, 0.29) is 16.6 Å². The molecule has 0 atom stereocenters. The molecule has 1 aromatic rings. The summed E-state index contributed by atoms with van der Waals surface area (Å²) in [5, 5.41) is 0.174. The molecule has 3 nitrogen and oxygen atoms in total. The van der Waals surface area contributed by atoms with E-state index in [4.69, 9.17) is 38.4 Å². The Kier molecular flexibility index (Phi) is 4.52. The predicted molar refractivity (Wildman–Crippen MR) is 61.2 cm³/mol. The molecule has 1 rings (SSSR count). The topological polar surface area (TPSA) is 44.5 Å². The molecular formula is C10H12Cl2FNO2. The maximum atomic E-state index is 13.4. The van der Waals surface area contributed by atoms with E-state index < -0.39 is 11.6 Å². The van der Waals surface area contributed by atoms with Gasteiger partial charge < -0.3 is 15.2 Å². The monoisotopic (exact) mass is 267 g/mol. The second-order valence-corrected chi connectivity index (χ2v) is 3.93. The zero-order valence-electron chi connectivity index (χ0n) is 8.89. The Bertz CT molecular complexity index is 375. The smallest absolute Gasteiger partial charge is 0.208 e. The Balaban J connectivity index is 3.35. The Morgan fingerprint density at radius 3 is 2.25 bits per heavy atom. The largest absolute Gasteiger partial charge is 0.348 e. The summed E-state index contributed by atoms with van der Waals surface area (Å²) in [5.74, 6) is -1.87. The summed E-state index contributed by atoms with van der Waals surface area (Å²) >= 11 is 11.5. The Labute approximate surface area is 103 Å². The van der Waals surface area contributed by atoms with Crippen molar-refractivity contribution >= 4 is 23.2 Å². The zero-order valence-corrected chi connectivity index (χ0v) is 10.4. The van der Waals surface area contributed by atoms with Crippen molar-refractivity contribution in [2.45, 2.75) is 5.79 Å². The van der Waals surface area contributed by atoms with Crippen molar-refractivity contribution in [1.29, 1.82) is 0 Å². The van der Waals surface area contributed by atoms with Crippen LogP contribution >= 0.6 is 23.2 Å². The van der Waals surface area contributed by atoms with E-state index in [1.165, 1.54) is 20.3 Å². The highest BCUT2D eigenvalue weighted by molar-refractivity contribution is 6.35. The molecule has 0 fully saturated rings. The number of hydrogen-bond donors (Lipinski definition) is 1. The number of hydrogen-bond acceptors (Lipinski definition) is 3. The van der Waals surface area contributed by atoms with Crippen LogP contribution < -0.4 is 5.73 Å². The Morgan fingerprint density at radius 1 is 1.25 bits per heavy atom. The Hall–Kier alpha value is -0.390. The summed E-state index contributed by atoms with van der Waals surface area (Å²) in [5.41, 5.74) is 5.86. The predicted octanol–water partition coefficient (Wildman–Crippen LogP) is 2.54. The van der Waals surface area contributed by atoms with Crippen LogP contribution in [0.1, 0.15) is 5.56 Å². The number of ether oxygens (including phenoxy) is 2. The standard InChI is InChI=1S/C10H12Cl2FNO2/c1-15-10(5-14,16-2)6-3-9(13)8(12)4-7(6)11/h3-4H,5,14H2,1-2H3. The molecule has 0 spiro atoms. The highest BCUT2D eigenvalue weighted by atomic mass is 35.5. The van der Waals surface area contributed by atoms with Gasteiger partial charge in [0.2, 0.25) is 5.79 Å². The van der Waals surface area contributed by atoms with Gasteiger partial charge in [-0.1, -0.05) is 23.2 Å². The minimum Gasteiger partial charge on any atom is -0.348 e. The van der Waals surface area contributed by atoms with Gasteiger partial charge in [-0.3, -0.25) is 0 Å². The Morgan fingerprint density at radius 2 is 1.81 bits per heavy atom. The molecule has 0 unspecified atom stereocenters. The fraction of sp³-hybridized carbons (Fsp3) is 0.400. The molecule has 0 bridgehead atoms. The third-order valence-electron chi connectivity index (χ3n) is 2.35. The first-order valence-electron chi connectivity index (χ1n) is 4.46. The SMILES string of the molecule is COC(CN)(OC)c1cc(F)c(Cl)cc1Cl. The summed E-state index contributed by atoms with van der Waals surface area (Å²) in [6.07, 6.45) is 0. The highest BCUT2D eigenvalue weighted by Crippen LogP contribution is 2.34. The van der Waals surface area contributed by atoms with Gasteiger partial charge in [0.25, 0.3) is 0 Å². The van der Waals surface area contributed by atoms with Crippen LogP contribution in [0.2, 0.25) is 10.0 Å². The van der Waals surface area contributed by atoms with Crippen LogP contribution in [0.5, 0.6) is 0 Å². The van der Waals surface area contributed by atoms with Crippen LogP contribution in [0.3, 0.4) is 0 Å². The molecule has 90 valence electrons. The van der Waals surface area contributed by atoms with Gasteiger partial charge in [-0.25, -0.2) is 4.39 Å². The molecule has 6 heteroatoms. The fourth-order valence-electron chi connectivity index (χ4n) is 1.39. The van der Waals surface area contributed by atoms with Crippen molar-refractivity contribution in [3.8, 4) is 0 Å². The average Bonchev–Trinajstić information content (AvgIpc) is 2.28. The zero-order chi connectivity index (χ0) is 12.3. The molecule has 0 heterocycles. The molecule has 1 aromatic carbocycles. The minimum atomic E-state index is -1.26. The summed E-state index contributed by atoms with van der Waals surface area (Å²) in [7, 11) is 2.80. The van der Waals surface area contributed by atoms with Gasteiger partial charge in [0.15, 0.2) is 0 Å². The van der Waals surface area contributed by atoms with E-state index in [1.807, 2.05) is 0 Å². The van der Waals surface area contributed by atoms with Crippen molar-refractivity contribution < 1.29 is 13.9 Å². The molecule has 0 aliphatic heterocycles. The minimum absolute atomic E-state index is 0.000786. The molecule has 0 amide bonds. The van der Waals surface area contributed by atoms with Crippen molar-refractivity contribution in [2.75, 3.05) is 20.8 Å². The lowest BCUT2D eigenvalue weighted by atomic mass is 10.1. The summed E-state index contributed by atoms with van der Waals surface area (Å²) in [4.78, 5) is 0. The number of methoxy groups -OCH3 is 2.